The molecule has 0 radical (unpaired) electrons. The number of benzene rings is 2. The molecule has 2 aromatic rings. The Kier molecular flexibility index (Phi) is 22.9. The van der Waals surface area contributed by atoms with Crippen molar-refractivity contribution < 1.29 is 0 Å². The molecular formula is C19H34. The highest BCUT2D eigenvalue weighted by Gasteiger charge is 1.89. The van der Waals surface area contributed by atoms with Crippen molar-refractivity contribution in [1.82, 2.24) is 0 Å². The van der Waals surface area contributed by atoms with Crippen molar-refractivity contribution >= 4 is 10.8 Å². The molecule has 0 bridgehead atoms. The number of hydrogen-bond donors (Lipinski definition) is 0. The first kappa shape index (κ1) is 22.8. The van der Waals surface area contributed by atoms with Gasteiger partial charge in [-0.25, -0.2) is 0 Å². The van der Waals surface area contributed by atoms with E-state index in [1.54, 1.807) is 0 Å². The predicted octanol–water partition coefficient (Wildman–Crippen LogP) is 7.25. The molecule has 0 fully saturated rings. The highest BCUT2D eigenvalue weighted by atomic mass is 13.9. The van der Waals surface area contributed by atoms with E-state index in [0.717, 1.165) is 0 Å². The van der Waals surface area contributed by atoms with Crippen LogP contribution >= 0.6 is 0 Å². The minimum absolute atomic E-state index is 1.32. The molecule has 0 aliphatic carbocycles. The summed E-state index contributed by atoms with van der Waals surface area (Å²) in [6.45, 7) is 18.1. The lowest BCUT2D eigenvalue weighted by atomic mass is 10.1. The number of aryl methyl sites for hydroxylation is 1. The lowest BCUT2D eigenvalue weighted by Gasteiger charge is -1.96. The second-order valence-corrected chi connectivity index (χ2v) is 2.85. The maximum absolute atomic E-state index is 2.20. The zero-order chi connectivity index (χ0) is 15.7. The molecule has 0 saturated heterocycles. The number of fused-ring (bicyclic) bond motifs is 1. The summed E-state index contributed by atoms with van der Waals surface area (Å²) in [4.78, 5) is 0. The quantitative estimate of drug-likeness (QED) is 0.469. The van der Waals surface area contributed by atoms with Crippen LogP contribution in [0.1, 0.15) is 61.0 Å². The van der Waals surface area contributed by atoms with Gasteiger partial charge in [0.05, 0.1) is 0 Å². The molecule has 0 N–H and O–H groups in total. The van der Waals surface area contributed by atoms with E-state index in [-0.39, 0.29) is 0 Å². The van der Waals surface area contributed by atoms with E-state index in [4.69, 9.17) is 0 Å². The highest BCUT2D eigenvalue weighted by Crippen LogP contribution is 2.14. The summed E-state index contributed by atoms with van der Waals surface area (Å²) in [5, 5.41) is 2.64. The summed E-state index contributed by atoms with van der Waals surface area (Å²) in [5.41, 5.74) is 1.32. The van der Waals surface area contributed by atoms with Crippen LogP contribution < -0.4 is 0 Å². The van der Waals surface area contributed by atoms with Gasteiger partial charge in [0.1, 0.15) is 0 Å². The zero-order valence-corrected chi connectivity index (χ0v) is 14.5. The number of rotatable bonds is 0. The van der Waals surface area contributed by atoms with Crippen molar-refractivity contribution in [1.29, 1.82) is 0 Å². The van der Waals surface area contributed by atoms with Crippen molar-refractivity contribution in [3.63, 3.8) is 0 Å². The largest absolute Gasteiger partial charge is 0.0683 e. The molecule has 0 atom stereocenters. The minimum Gasteiger partial charge on any atom is -0.0683 e. The first-order chi connectivity index (χ1) is 9.36. The van der Waals surface area contributed by atoms with Gasteiger partial charge in [0.2, 0.25) is 0 Å². The highest BCUT2D eigenvalue weighted by molar-refractivity contribution is 5.82. The fourth-order valence-electron chi connectivity index (χ4n) is 1.31. The summed E-state index contributed by atoms with van der Waals surface area (Å²) in [6.07, 6.45) is 0. The molecule has 0 aromatic heterocycles. The minimum atomic E-state index is 1.32. The van der Waals surface area contributed by atoms with E-state index in [1.807, 2.05) is 55.4 Å². The van der Waals surface area contributed by atoms with Gasteiger partial charge >= 0.3 is 0 Å². The van der Waals surface area contributed by atoms with E-state index in [9.17, 15) is 0 Å². The standard InChI is InChI=1S/C11H10.4C2H6/c1-9-6-7-10-4-2-3-5-11(10)8-9;4*1-2/h2-8H,1H3;4*1-2H3. The fourth-order valence-corrected chi connectivity index (χ4v) is 1.31. The molecule has 0 heterocycles. The normalized spacial score (nSPS) is 7.21. The monoisotopic (exact) mass is 262 g/mol. The Morgan fingerprint density at radius 1 is 0.526 bits per heavy atom. The molecule has 0 aliphatic heterocycles. The third-order valence-corrected chi connectivity index (χ3v) is 1.90. The second-order valence-electron chi connectivity index (χ2n) is 2.85. The van der Waals surface area contributed by atoms with Gasteiger partial charge < -0.3 is 0 Å². The van der Waals surface area contributed by atoms with E-state index in [1.165, 1.54) is 16.3 Å². The molecule has 0 spiro atoms. The summed E-state index contributed by atoms with van der Waals surface area (Å²) in [7, 11) is 0. The first-order valence-corrected chi connectivity index (χ1v) is 7.82. The Balaban J connectivity index is -0.000000278. The first-order valence-electron chi connectivity index (χ1n) is 7.82. The molecule has 2 rings (SSSR count). The van der Waals surface area contributed by atoms with E-state index in [2.05, 4.69) is 49.4 Å². The Hall–Kier alpha value is -1.30. The molecule has 110 valence electrons. The van der Waals surface area contributed by atoms with Crippen LogP contribution in [0.2, 0.25) is 0 Å². The molecule has 0 amide bonds. The SMILES string of the molecule is CC.CC.CC.CC.Cc1ccc2ccccc2c1. The van der Waals surface area contributed by atoms with Crippen LogP contribution in [0.4, 0.5) is 0 Å². The molecule has 0 nitrogen and oxygen atoms in total. The average Bonchev–Trinajstić information content (AvgIpc) is 2.55. The molecule has 19 heavy (non-hydrogen) atoms. The Bertz CT molecular complexity index is 374. The van der Waals surface area contributed by atoms with Gasteiger partial charge in [0.25, 0.3) is 0 Å². The Morgan fingerprint density at radius 3 is 1.42 bits per heavy atom. The third-order valence-electron chi connectivity index (χ3n) is 1.90. The topological polar surface area (TPSA) is 0 Å². The van der Waals surface area contributed by atoms with Gasteiger partial charge in [-0.3, -0.25) is 0 Å². The summed E-state index contributed by atoms with van der Waals surface area (Å²) in [6, 6.07) is 14.9. The summed E-state index contributed by atoms with van der Waals surface area (Å²) in [5.74, 6) is 0. The van der Waals surface area contributed by atoms with E-state index in [0.29, 0.717) is 0 Å². The molecule has 2 aromatic carbocycles. The van der Waals surface area contributed by atoms with Gasteiger partial charge in [0.15, 0.2) is 0 Å². The van der Waals surface area contributed by atoms with Crippen molar-refractivity contribution in [2.45, 2.75) is 62.3 Å². The average molecular weight is 262 g/mol. The summed E-state index contributed by atoms with van der Waals surface area (Å²) < 4.78 is 0. The van der Waals surface area contributed by atoms with Crippen molar-refractivity contribution in [2.75, 3.05) is 0 Å². The van der Waals surface area contributed by atoms with Crippen LogP contribution in [0.5, 0.6) is 0 Å². The maximum Gasteiger partial charge on any atom is -0.0181 e. The van der Waals surface area contributed by atoms with Gasteiger partial charge in [0, 0.05) is 0 Å². The van der Waals surface area contributed by atoms with Crippen molar-refractivity contribution in [3.05, 3.63) is 48.0 Å². The molecule has 0 saturated carbocycles. The van der Waals surface area contributed by atoms with E-state index >= 15 is 0 Å². The van der Waals surface area contributed by atoms with Crippen LogP contribution in [0.15, 0.2) is 42.5 Å². The van der Waals surface area contributed by atoms with Gasteiger partial charge in [-0.1, -0.05) is 103 Å². The Morgan fingerprint density at radius 2 is 0.947 bits per heavy atom. The predicted molar refractivity (Wildman–Crippen MR) is 94.1 cm³/mol. The third kappa shape index (κ3) is 10.3. The van der Waals surface area contributed by atoms with E-state index < -0.39 is 0 Å². The van der Waals surface area contributed by atoms with Crippen LogP contribution in [-0.2, 0) is 0 Å². The second kappa shape index (κ2) is 19.0. The number of hydrogen-bond acceptors (Lipinski definition) is 0. The zero-order valence-electron chi connectivity index (χ0n) is 14.5. The molecular weight excluding hydrogens is 228 g/mol. The van der Waals surface area contributed by atoms with Gasteiger partial charge in [-0.15, -0.1) is 0 Å². The van der Waals surface area contributed by atoms with Gasteiger partial charge in [-0.05, 0) is 17.7 Å². The summed E-state index contributed by atoms with van der Waals surface area (Å²) >= 11 is 0. The van der Waals surface area contributed by atoms with Crippen LogP contribution in [0, 0.1) is 6.92 Å². The smallest absolute Gasteiger partial charge is 0.0181 e. The van der Waals surface area contributed by atoms with Crippen LogP contribution in [0.25, 0.3) is 10.8 Å². The van der Waals surface area contributed by atoms with Crippen LogP contribution in [-0.4, -0.2) is 0 Å². The maximum atomic E-state index is 2.20. The van der Waals surface area contributed by atoms with Gasteiger partial charge in [-0.2, -0.15) is 0 Å². The van der Waals surface area contributed by atoms with Crippen LogP contribution in [0.3, 0.4) is 0 Å². The molecule has 0 heteroatoms. The molecule has 0 unspecified atom stereocenters. The lowest BCUT2D eigenvalue weighted by Crippen LogP contribution is -1.73. The lowest BCUT2D eigenvalue weighted by molar-refractivity contribution is 1.50. The fraction of sp³-hybridized carbons (Fsp3) is 0.474. The van der Waals surface area contributed by atoms with Crippen molar-refractivity contribution in [2.24, 2.45) is 0 Å². The van der Waals surface area contributed by atoms with Crippen molar-refractivity contribution in [3.8, 4) is 0 Å². The Labute approximate surface area is 121 Å². The molecule has 0 aliphatic rings.